The molecule has 1 N–H and O–H groups in total. The number of piperazine rings is 1. The molecule has 0 aliphatic carbocycles. The highest BCUT2D eigenvalue weighted by Gasteiger charge is 2.18. The standard InChI is InChI=1S/C14H21FN2O/c1-3-16-6-8-17(9-7-16)14-5-4-12(11(2)18)10-13(14)15/h4-5,10-11,18H,3,6-9H2,1-2H3/t11-/m0/s1. The topological polar surface area (TPSA) is 26.7 Å². The van der Waals surface area contributed by atoms with E-state index in [4.69, 9.17) is 0 Å². The van der Waals surface area contributed by atoms with E-state index in [0.29, 0.717) is 11.3 Å². The number of aliphatic hydroxyl groups is 1. The first-order valence-electron chi connectivity index (χ1n) is 6.56. The SMILES string of the molecule is CCN1CCN(c2ccc([C@H](C)O)cc2F)CC1. The number of nitrogens with zero attached hydrogens (tertiary/aromatic N) is 2. The summed E-state index contributed by atoms with van der Waals surface area (Å²) in [6.07, 6.45) is -0.620. The molecule has 100 valence electrons. The molecule has 2 rings (SSSR count). The Morgan fingerprint density at radius 2 is 1.94 bits per heavy atom. The van der Waals surface area contributed by atoms with Gasteiger partial charge in [-0.15, -0.1) is 0 Å². The van der Waals surface area contributed by atoms with Gasteiger partial charge in [0.05, 0.1) is 11.8 Å². The van der Waals surface area contributed by atoms with Crippen molar-refractivity contribution in [2.24, 2.45) is 0 Å². The monoisotopic (exact) mass is 252 g/mol. The fraction of sp³-hybridized carbons (Fsp3) is 0.571. The van der Waals surface area contributed by atoms with Crippen LogP contribution < -0.4 is 4.90 Å². The van der Waals surface area contributed by atoms with Crippen LogP contribution in [0.1, 0.15) is 25.5 Å². The maximum absolute atomic E-state index is 14.0. The average Bonchev–Trinajstić information content (AvgIpc) is 2.38. The molecule has 1 fully saturated rings. The van der Waals surface area contributed by atoms with Crippen molar-refractivity contribution in [3.05, 3.63) is 29.6 Å². The van der Waals surface area contributed by atoms with Crippen molar-refractivity contribution in [1.29, 1.82) is 0 Å². The third-order valence-corrected chi connectivity index (χ3v) is 3.61. The molecule has 0 amide bonds. The van der Waals surface area contributed by atoms with E-state index in [-0.39, 0.29) is 5.82 Å². The van der Waals surface area contributed by atoms with E-state index in [1.807, 2.05) is 0 Å². The average molecular weight is 252 g/mol. The first-order chi connectivity index (χ1) is 8.61. The lowest BCUT2D eigenvalue weighted by molar-refractivity contribution is 0.199. The van der Waals surface area contributed by atoms with E-state index in [0.717, 1.165) is 32.7 Å². The Morgan fingerprint density at radius 1 is 1.28 bits per heavy atom. The largest absolute Gasteiger partial charge is 0.389 e. The molecule has 1 aliphatic rings. The van der Waals surface area contributed by atoms with Gasteiger partial charge in [0, 0.05) is 26.2 Å². The molecule has 1 aromatic rings. The summed E-state index contributed by atoms with van der Waals surface area (Å²) in [6, 6.07) is 5.01. The quantitative estimate of drug-likeness (QED) is 0.891. The fourth-order valence-corrected chi connectivity index (χ4v) is 2.34. The lowest BCUT2D eigenvalue weighted by Gasteiger charge is -2.35. The minimum Gasteiger partial charge on any atom is -0.389 e. The minimum atomic E-state index is -0.620. The molecule has 0 aromatic heterocycles. The van der Waals surface area contributed by atoms with Crippen LogP contribution in [0.5, 0.6) is 0 Å². The molecule has 1 heterocycles. The van der Waals surface area contributed by atoms with Crippen molar-refractivity contribution in [2.45, 2.75) is 20.0 Å². The summed E-state index contributed by atoms with van der Waals surface area (Å²) >= 11 is 0. The third kappa shape index (κ3) is 2.82. The number of halogens is 1. The molecule has 18 heavy (non-hydrogen) atoms. The second-order valence-electron chi connectivity index (χ2n) is 4.81. The molecule has 0 saturated carbocycles. The molecule has 1 saturated heterocycles. The fourth-order valence-electron chi connectivity index (χ4n) is 2.34. The molecule has 0 radical (unpaired) electrons. The Kier molecular flexibility index (Phi) is 4.19. The highest BCUT2D eigenvalue weighted by atomic mass is 19.1. The summed E-state index contributed by atoms with van der Waals surface area (Å²) in [6.45, 7) is 8.53. The van der Waals surface area contributed by atoms with Crippen molar-refractivity contribution in [1.82, 2.24) is 4.90 Å². The van der Waals surface area contributed by atoms with E-state index in [1.165, 1.54) is 6.07 Å². The van der Waals surface area contributed by atoms with Crippen molar-refractivity contribution >= 4 is 5.69 Å². The maximum atomic E-state index is 14.0. The van der Waals surface area contributed by atoms with Crippen LogP contribution in [0.4, 0.5) is 10.1 Å². The number of hydrogen-bond acceptors (Lipinski definition) is 3. The van der Waals surface area contributed by atoms with E-state index in [1.54, 1.807) is 19.1 Å². The number of rotatable bonds is 3. The number of hydrogen-bond donors (Lipinski definition) is 1. The van der Waals surface area contributed by atoms with Gasteiger partial charge in [-0.3, -0.25) is 0 Å². The zero-order valence-corrected chi connectivity index (χ0v) is 11.1. The Morgan fingerprint density at radius 3 is 2.44 bits per heavy atom. The lowest BCUT2D eigenvalue weighted by Crippen LogP contribution is -2.46. The maximum Gasteiger partial charge on any atom is 0.146 e. The van der Waals surface area contributed by atoms with Crippen LogP contribution in [0, 0.1) is 5.82 Å². The Labute approximate surface area is 108 Å². The molecule has 3 nitrogen and oxygen atoms in total. The first kappa shape index (κ1) is 13.3. The van der Waals surface area contributed by atoms with Crippen molar-refractivity contribution < 1.29 is 9.50 Å². The van der Waals surface area contributed by atoms with Crippen molar-refractivity contribution in [3.63, 3.8) is 0 Å². The zero-order valence-electron chi connectivity index (χ0n) is 11.1. The molecule has 0 spiro atoms. The predicted octanol–water partition coefficient (Wildman–Crippen LogP) is 2.02. The van der Waals surface area contributed by atoms with Gasteiger partial charge in [-0.25, -0.2) is 4.39 Å². The van der Waals surface area contributed by atoms with Crippen LogP contribution >= 0.6 is 0 Å². The number of benzene rings is 1. The van der Waals surface area contributed by atoms with Gasteiger partial charge in [-0.1, -0.05) is 13.0 Å². The van der Waals surface area contributed by atoms with Gasteiger partial charge in [0.2, 0.25) is 0 Å². The Hall–Kier alpha value is -1.13. The van der Waals surface area contributed by atoms with Gasteiger partial charge in [0.25, 0.3) is 0 Å². The van der Waals surface area contributed by atoms with E-state index in [9.17, 15) is 9.50 Å². The molecule has 1 atom stereocenters. The molecular formula is C14H21FN2O. The van der Waals surface area contributed by atoms with Crippen LogP contribution in [-0.2, 0) is 0 Å². The van der Waals surface area contributed by atoms with Crippen LogP contribution in [0.2, 0.25) is 0 Å². The number of aliphatic hydroxyl groups excluding tert-OH is 1. The van der Waals surface area contributed by atoms with Gasteiger partial charge in [-0.05, 0) is 31.2 Å². The summed E-state index contributed by atoms with van der Waals surface area (Å²) in [4.78, 5) is 4.44. The highest BCUT2D eigenvalue weighted by Crippen LogP contribution is 2.24. The van der Waals surface area contributed by atoms with Gasteiger partial charge < -0.3 is 14.9 Å². The van der Waals surface area contributed by atoms with E-state index in [2.05, 4.69) is 16.7 Å². The predicted molar refractivity (Wildman–Crippen MR) is 71.4 cm³/mol. The van der Waals surface area contributed by atoms with Gasteiger partial charge in [-0.2, -0.15) is 0 Å². The van der Waals surface area contributed by atoms with Gasteiger partial charge >= 0.3 is 0 Å². The Balaban J connectivity index is 2.10. The zero-order chi connectivity index (χ0) is 13.1. The molecular weight excluding hydrogens is 231 g/mol. The number of likely N-dealkylation sites (N-methyl/N-ethyl adjacent to an activating group) is 1. The number of anilines is 1. The summed E-state index contributed by atoms with van der Waals surface area (Å²) in [5, 5.41) is 9.43. The highest BCUT2D eigenvalue weighted by molar-refractivity contribution is 5.49. The minimum absolute atomic E-state index is 0.238. The van der Waals surface area contributed by atoms with Crippen LogP contribution in [0.25, 0.3) is 0 Å². The third-order valence-electron chi connectivity index (χ3n) is 3.61. The summed E-state index contributed by atoms with van der Waals surface area (Å²) in [5.74, 6) is -0.238. The summed E-state index contributed by atoms with van der Waals surface area (Å²) in [7, 11) is 0. The first-order valence-corrected chi connectivity index (χ1v) is 6.56. The normalized spacial score (nSPS) is 19.0. The molecule has 4 heteroatoms. The molecule has 1 aromatic carbocycles. The van der Waals surface area contributed by atoms with Crippen molar-refractivity contribution in [3.8, 4) is 0 Å². The van der Waals surface area contributed by atoms with Gasteiger partial charge in [0.15, 0.2) is 0 Å². The smallest absolute Gasteiger partial charge is 0.146 e. The summed E-state index contributed by atoms with van der Waals surface area (Å²) < 4.78 is 14.0. The van der Waals surface area contributed by atoms with Crippen LogP contribution in [0.3, 0.4) is 0 Å². The molecule has 0 bridgehead atoms. The van der Waals surface area contributed by atoms with E-state index >= 15 is 0 Å². The molecule has 1 aliphatic heterocycles. The second-order valence-corrected chi connectivity index (χ2v) is 4.81. The molecule has 0 unspecified atom stereocenters. The van der Waals surface area contributed by atoms with Crippen molar-refractivity contribution in [2.75, 3.05) is 37.6 Å². The lowest BCUT2D eigenvalue weighted by atomic mass is 10.1. The van der Waals surface area contributed by atoms with Crippen LogP contribution in [-0.4, -0.2) is 42.7 Å². The van der Waals surface area contributed by atoms with Gasteiger partial charge in [0.1, 0.15) is 5.82 Å². The Bertz CT molecular complexity index is 401. The second kappa shape index (κ2) is 5.67. The summed E-state index contributed by atoms with van der Waals surface area (Å²) in [5.41, 5.74) is 1.28. The van der Waals surface area contributed by atoms with Crippen LogP contribution in [0.15, 0.2) is 18.2 Å². The van der Waals surface area contributed by atoms with E-state index < -0.39 is 6.10 Å².